The van der Waals surface area contributed by atoms with Gasteiger partial charge in [-0.3, -0.25) is 4.79 Å². The van der Waals surface area contributed by atoms with Crippen LogP contribution in [0.3, 0.4) is 0 Å². The van der Waals surface area contributed by atoms with Crippen LogP contribution in [-0.4, -0.2) is 36.9 Å². The molecule has 2 rings (SSSR count). The van der Waals surface area contributed by atoms with E-state index in [1.54, 1.807) is 7.11 Å². The minimum atomic E-state index is 0.0462. The summed E-state index contributed by atoms with van der Waals surface area (Å²) in [5.74, 6) is 1.56. The number of ether oxygens (including phenoxy) is 1. The molecule has 0 N–H and O–H groups in total. The minimum absolute atomic E-state index is 0.0462. The fourth-order valence-electron chi connectivity index (χ4n) is 2.42. The number of likely N-dealkylation sites (tertiary alicyclic amines) is 1. The molecule has 1 aromatic carbocycles. The standard InChI is InChI=1S/C14H18ClNO2/c1-18-13-4-2-11(3-5-13)12-6-8-16(9-7-12)14(17)10-15/h2-5,12H,6-10H2,1H3. The number of nitrogens with zero attached hydrogens (tertiary/aromatic N) is 1. The van der Waals surface area contributed by atoms with E-state index in [4.69, 9.17) is 16.3 Å². The van der Waals surface area contributed by atoms with Crippen LogP contribution in [-0.2, 0) is 4.79 Å². The highest BCUT2D eigenvalue weighted by molar-refractivity contribution is 6.27. The highest BCUT2D eigenvalue weighted by atomic mass is 35.5. The smallest absolute Gasteiger partial charge is 0.237 e. The molecule has 0 bridgehead atoms. The van der Waals surface area contributed by atoms with Gasteiger partial charge in [-0.25, -0.2) is 0 Å². The van der Waals surface area contributed by atoms with E-state index in [9.17, 15) is 4.79 Å². The number of halogens is 1. The van der Waals surface area contributed by atoms with Gasteiger partial charge < -0.3 is 9.64 Å². The summed E-state index contributed by atoms with van der Waals surface area (Å²) in [5, 5.41) is 0. The maximum absolute atomic E-state index is 11.5. The summed E-state index contributed by atoms with van der Waals surface area (Å²) < 4.78 is 5.15. The zero-order valence-electron chi connectivity index (χ0n) is 10.6. The van der Waals surface area contributed by atoms with Crippen molar-refractivity contribution < 1.29 is 9.53 Å². The minimum Gasteiger partial charge on any atom is -0.497 e. The highest BCUT2D eigenvalue weighted by Gasteiger charge is 2.23. The lowest BCUT2D eigenvalue weighted by molar-refractivity contribution is -0.129. The second kappa shape index (κ2) is 6.10. The van der Waals surface area contributed by atoms with Gasteiger partial charge in [-0.15, -0.1) is 11.6 Å². The largest absolute Gasteiger partial charge is 0.497 e. The quantitative estimate of drug-likeness (QED) is 0.788. The van der Waals surface area contributed by atoms with Crippen molar-refractivity contribution in [1.29, 1.82) is 0 Å². The Balaban J connectivity index is 1.94. The van der Waals surface area contributed by atoms with Crippen LogP contribution in [0, 0.1) is 0 Å². The predicted molar refractivity (Wildman–Crippen MR) is 72.3 cm³/mol. The molecule has 0 saturated carbocycles. The summed E-state index contributed by atoms with van der Waals surface area (Å²) in [6.07, 6.45) is 2.02. The van der Waals surface area contributed by atoms with E-state index in [0.717, 1.165) is 31.7 Å². The van der Waals surface area contributed by atoms with Crippen LogP contribution in [0.2, 0.25) is 0 Å². The zero-order chi connectivity index (χ0) is 13.0. The lowest BCUT2D eigenvalue weighted by atomic mass is 9.89. The number of amides is 1. The zero-order valence-corrected chi connectivity index (χ0v) is 11.3. The molecule has 1 aromatic rings. The first-order chi connectivity index (χ1) is 8.74. The number of carbonyl (C=O) groups is 1. The van der Waals surface area contributed by atoms with Crippen molar-refractivity contribution in [1.82, 2.24) is 4.90 Å². The summed E-state index contributed by atoms with van der Waals surface area (Å²) >= 11 is 5.57. The molecule has 0 unspecified atom stereocenters. The number of rotatable bonds is 3. The molecule has 0 aliphatic carbocycles. The van der Waals surface area contributed by atoms with E-state index < -0.39 is 0 Å². The first-order valence-electron chi connectivity index (χ1n) is 6.22. The summed E-state index contributed by atoms with van der Waals surface area (Å²) in [6, 6.07) is 8.21. The van der Waals surface area contributed by atoms with E-state index in [0.29, 0.717) is 5.92 Å². The first kappa shape index (κ1) is 13.2. The maximum Gasteiger partial charge on any atom is 0.237 e. The van der Waals surface area contributed by atoms with Gasteiger partial charge in [0.25, 0.3) is 0 Å². The number of hydrogen-bond acceptors (Lipinski definition) is 2. The molecular weight excluding hydrogens is 250 g/mol. The third kappa shape index (κ3) is 2.96. The number of hydrogen-bond donors (Lipinski definition) is 0. The Bertz CT molecular complexity index is 397. The molecule has 3 nitrogen and oxygen atoms in total. The molecule has 1 amide bonds. The van der Waals surface area contributed by atoms with E-state index >= 15 is 0 Å². The van der Waals surface area contributed by atoms with Crippen LogP contribution in [0.4, 0.5) is 0 Å². The van der Waals surface area contributed by atoms with Crippen LogP contribution >= 0.6 is 11.6 Å². The summed E-state index contributed by atoms with van der Waals surface area (Å²) in [4.78, 5) is 13.3. The molecule has 4 heteroatoms. The van der Waals surface area contributed by atoms with Gasteiger partial charge >= 0.3 is 0 Å². The van der Waals surface area contributed by atoms with Crippen molar-refractivity contribution in [3.05, 3.63) is 29.8 Å². The predicted octanol–water partition coefficient (Wildman–Crippen LogP) is 2.64. The Morgan fingerprint density at radius 2 is 1.94 bits per heavy atom. The lowest BCUT2D eigenvalue weighted by Crippen LogP contribution is -2.38. The number of methoxy groups -OCH3 is 1. The third-order valence-corrected chi connectivity index (χ3v) is 3.78. The van der Waals surface area contributed by atoms with Crippen molar-refractivity contribution in [2.75, 3.05) is 26.1 Å². The molecule has 1 aliphatic rings. The summed E-state index contributed by atoms with van der Waals surface area (Å²) in [5.41, 5.74) is 1.33. The summed E-state index contributed by atoms with van der Waals surface area (Å²) in [7, 11) is 1.67. The van der Waals surface area contributed by atoms with Crippen molar-refractivity contribution in [2.45, 2.75) is 18.8 Å². The molecule has 0 atom stereocenters. The van der Waals surface area contributed by atoms with E-state index in [-0.39, 0.29) is 11.8 Å². The Morgan fingerprint density at radius 3 is 2.44 bits per heavy atom. The normalized spacial score (nSPS) is 16.7. The molecule has 0 radical (unpaired) electrons. The van der Waals surface area contributed by atoms with Crippen molar-refractivity contribution >= 4 is 17.5 Å². The van der Waals surface area contributed by atoms with E-state index in [2.05, 4.69) is 12.1 Å². The number of alkyl halides is 1. The van der Waals surface area contributed by atoms with Crippen molar-refractivity contribution in [3.8, 4) is 5.75 Å². The molecular formula is C14H18ClNO2. The third-order valence-electron chi connectivity index (χ3n) is 3.55. The van der Waals surface area contributed by atoms with Crippen molar-refractivity contribution in [3.63, 3.8) is 0 Å². The number of benzene rings is 1. The second-order valence-corrected chi connectivity index (χ2v) is 4.83. The Kier molecular flexibility index (Phi) is 4.48. The van der Waals surface area contributed by atoms with Crippen LogP contribution in [0.5, 0.6) is 5.75 Å². The lowest BCUT2D eigenvalue weighted by Gasteiger charge is -2.31. The number of carbonyl (C=O) groups excluding carboxylic acids is 1. The Hall–Kier alpha value is -1.22. The Morgan fingerprint density at radius 1 is 1.33 bits per heavy atom. The van der Waals surface area contributed by atoms with Crippen LogP contribution in [0.15, 0.2) is 24.3 Å². The monoisotopic (exact) mass is 267 g/mol. The van der Waals surface area contributed by atoms with E-state index in [1.165, 1.54) is 5.56 Å². The van der Waals surface area contributed by atoms with Gasteiger partial charge in [0.1, 0.15) is 11.6 Å². The maximum atomic E-state index is 11.5. The molecule has 0 spiro atoms. The van der Waals surface area contributed by atoms with Crippen LogP contribution in [0.25, 0.3) is 0 Å². The Labute approximate surface area is 113 Å². The fraction of sp³-hybridized carbons (Fsp3) is 0.500. The van der Waals surface area contributed by atoms with Gasteiger partial charge in [-0.05, 0) is 36.5 Å². The summed E-state index contributed by atoms with van der Waals surface area (Å²) in [6.45, 7) is 1.62. The second-order valence-electron chi connectivity index (χ2n) is 4.56. The molecule has 18 heavy (non-hydrogen) atoms. The molecule has 1 fully saturated rings. The van der Waals surface area contributed by atoms with Gasteiger partial charge in [-0.2, -0.15) is 0 Å². The van der Waals surface area contributed by atoms with Crippen LogP contribution < -0.4 is 4.74 Å². The molecule has 1 aliphatic heterocycles. The van der Waals surface area contributed by atoms with Crippen LogP contribution in [0.1, 0.15) is 24.3 Å². The van der Waals surface area contributed by atoms with Gasteiger partial charge in [0.05, 0.1) is 7.11 Å². The van der Waals surface area contributed by atoms with Gasteiger partial charge in [0, 0.05) is 13.1 Å². The molecule has 1 saturated heterocycles. The van der Waals surface area contributed by atoms with Gasteiger partial charge in [-0.1, -0.05) is 12.1 Å². The first-order valence-corrected chi connectivity index (χ1v) is 6.75. The van der Waals surface area contributed by atoms with E-state index in [1.807, 2.05) is 17.0 Å². The van der Waals surface area contributed by atoms with Gasteiger partial charge in [0.2, 0.25) is 5.91 Å². The highest BCUT2D eigenvalue weighted by Crippen LogP contribution is 2.29. The average molecular weight is 268 g/mol. The molecule has 0 aromatic heterocycles. The fourth-order valence-corrected chi connectivity index (χ4v) is 2.59. The molecule has 1 heterocycles. The SMILES string of the molecule is COc1ccc(C2CCN(C(=O)CCl)CC2)cc1. The topological polar surface area (TPSA) is 29.5 Å². The number of piperidine rings is 1. The van der Waals surface area contributed by atoms with Gasteiger partial charge in [0.15, 0.2) is 0 Å². The molecule has 98 valence electrons. The average Bonchev–Trinajstić information content (AvgIpc) is 2.47. The van der Waals surface area contributed by atoms with Crippen molar-refractivity contribution in [2.24, 2.45) is 0 Å².